The predicted octanol–water partition coefficient (Wildman–Crippen LogP) is 7.62. The predicted molar refractivity (Wildman–Crippen MR) is 123 cm³/mol. The second-order valence-electron chi connectivity index (χ2n) is 6.93. The fraction of sp³-hybridized carbons (Fsp3) is 0.0385. The van der Waals surface area contributed by atoms with Gasteiger partial charge in [0.05, 0.1) is 11.2 Å². The Labute approximate surface area is 172 Å². The number of hydrogen-bond acceptors (Lipinski definition) is 1. The molecule has 0 bridgehead atoms. The quantitative estimate of drug-likeness (QED) is 0.214. The van der Waals surface area contributed by atoms with E-state index in [2.05, 4.69) is 107 Å². The van der Waals surface area contributed by atoms with Gasteiger partial charge in [0.2, 0.25) is 0 Å². The summed E-state index contributed by atoms with van der Waals surface area (Å²) in [6, 6.07) is 34.3. The summed E-state index contributed by atoms with van der Waals surface area (Å²) in [6.45, 7) is 0. The standard InChI is InChI=1S/C26H18BrN/c27-17-18-9-11-19(12-10-18)20-13-15-21(16-14-20)26-24-7-2-1-5-22(24)23-6-3-4-8-25(23)28-26/h1-16H,17H2. The molecule has 1 aromatic heterocycles. The second-order valence-corrected chi connectivity index (χ2v) is 7.49. The van der Waals surface area contributed by atoms with Gasteiger partial charge in [-0.2, -0.15) is 0 Å². The van der Waals surface area contributed by atoms with Crippen LogP contribution in [0.4, 0.5) is 0 Å². The largest absolute Gasteiger partial charge is 0.247 e. The molecular weight excluding hydrogens is 406 g/mol. The van der Waals surface area contributed by atoms with Gasteiger partial charge >= 0.3 is 0 Å². The minimum absolute atomic E-state index is 0.882. The number of alkyl halides is 1. The average molecular weight is 424 g/mol. The Hall–Kier alpha value is -2.97. The maximum absolute atomic E-state index is 4.99. The molecule has 1 nitrogen and oxygen atoms in total. The van der Waals surface area contributed by atoms with E-state index in [9.17, 15) is 0 Å². The van der Waals surface area contributed by atoms with Gasteiger partial charge in [-0.1, -0.05) is 107 Å². The molecule has 4 aromatic carbocycles. The number of aromatic nitrogens is 1. The Bertz CT molecular complexity index is 1270. The van der Waals surface area contributed by atoms with Crippen molar-refractivity contribution < 1.29 is 0 Å². The third kappa shape index (κ3) is 3.00. The summed E-state index contributed by atoms with van der Waals surface area (Å²) in [5.74, 6) is 0. The summed E-state index contributed by atoms with van der Waals surface area (Å²) in [5, 5.41) is 4.52. The van der Waals surface area contributed by atoms with Gasteiger partial charge < -0.3 is 0 Å². The smallest absolute Gasteiger partial charge is 0.0788 e. The molecule has 0 aliphatic heterocycles. The van der Waals surface area contributed by atoms with Crippen LogP contribution in [0.25, 0.3) is 44.1 Å². The van der Waals surface area contributed by atoms with Crippen molar-refractivity contribution in [3.63, 3.8) is 0 Å². The van der Waals surface area contributed by atoms with Crippen LogP contribution in [0.2, 0.25) is 0 Å². The van der Waals surface area contributed by atoms with Crippen molar-refractivity contribution >= 4 is 37.6 Å². The number of benzene rings is 4. The van der Waals surface area contributed by atoms with Gasteiger partial charge in [0.25, 0.3) is 0 Å². The minimum Gasteiger partial charge on any atom is -0.247 e. The fourth-order valence-electron chi connectivity index (χ4n) is 3.73. The highest BCUT2D eigenvalue weighted by Crippen LogP contribution is 2.33. The molecule has 0 saturated carbocycles. The Morgan fingerprint density at radius 2 is 1.07 bits per heavy atom. The zero-order valence-electron chi connectivity index (χ0n) is 15.3. The van der Waals surface area contributed by atoms with Gasteiger partial charge in [-0.05, 0) is 28.1 Å². The van der Waals surface area contributed by atoms with Crippen LogP contribution in [0.15, 0.2) is 97.1 Å². The van der Waals surface area contributed by atoms with Crippen LogP contribution in [0.1, 0.15) is 5.56 Å². The molecule has 0 aliphatic carbocycles. The van der Waals surface area contributed by atoms with E-state index >= 15 is 0 Å². The summed E-state index contributed by atoms with van der Waals surface area (Å²) in [6.07, 6.45) is 0. The summed E-state index contributed by atoms with van der Waals surface area (Å²) in [4.78, 5) is 4.99. The number of fused-ring (bicyclic) bond motifs is 3. The lowest BCUT2D eigenvalue weighted by atomic mass is 9.98. The molecule has 2 heteroatoms. The normalized spacial score (nSPS) is 11.2. The summed E-state index contributed by atoms with van der Waals surface area (Å²) < 4.78 is 0. The molecule has 5 aromatic rings. The highest BCUT2D eigenvalue weighted by atomic mass is 79.9. The molecule has 0 saturated heterocycles. The minimum atomic E-state index is 0.882. The molecule has 0 N–H and O–H groups in total. The molecule has 1 heterocycles. The van der Waals surface area contributed by atoms with Gasteiger partial charge in [-0.15, -0.1) is 0 Å². The Kier molecular flexibility index (Phi) is 4.42. The van der Waals surface area contributed by atoms with Crippen LogP contribution < -0.4 is 0 Å². The zero-order chi connectivity index (χ0) is 18.9. The molecule has 134 valence electrons. The zero-order valence-corrected chi connectivity index (χ0v) is 16.9. The molecule has 0 aliphatic rings. The van der Waals surface area contributed by atoms with E-state index in [0.29, 0.717) is 0 Å². The third-order valence-corrected chi connectivity index (χ3v) is 5.86. The molecule has 0 amide bonds. The number of nitrogens with zero attached hydrogens (tertiary/aromatic N) is 1. The van der Waals surface area contributed by atoms with E-state index in [0.717, 1.165) is 22.1 Å². The van der Waals surface area contributed by atoms with Crippen molar-refractivity contribution in [3.05, 3.63) is 103 Å². The van der Waals surface area contributed by atoms with Crippen molar-refractivity contribution in [1.29, 1.82) is 0 Å². The van der Waals surface area contributed by atoms with Crippen molar-refractivity contribution in [1.82, 2.24) is 4.98 Å². The van der Waals surface area contributed by atoms with E-state index in [1.54, 1.807) is 0 Å². The van der Waals surface area contributed by atoms with E-state index < -0.39 is 0 Å². The summed E-state index contributed by atoms with van der Waals surface area (Å²) in [7, 11) is 0. The molecular formula is C26H18BrN. The van der Waals surface area contributed by atoms with E-state index in [-0.39, 0.29) is 0 Å². The second kappa shape index (κ2) is 7.21. The number of hydrogen-bond donors (Lipinski definition) is 0. The monoisotopic (exact) mass is 423 g/mol. The molecule has 0 radical (unpaired) electrons. The van der Waals surface area contributed by atoms with Crippen LogP contribution >= 0.6 is 15.9 Å². The highest BCUT2D eigenvalue weighted by Gasteiger charge is 2.10. The molecule has 0 spiro atoms. The first kappa shape index (κ1) is 17.2. The third-order valence-electron chi connectivity index (χ3n) is 5.21. The van der Waals surface area contributed by atoms with Crippen LogP contribution in [0.3, 0.4) is 0 Å². The number of pyridine rings is 1. The number of halogens is 1. The maximum Gasteiger partial charge on any atom is 0.0788 e. The van der Waals surface area contributed by atoms with Gasteiger partial charge in [0, 0.05) is 21.7 Å². The number of para-hydroxylation sites is 1. The SMILES string of the molecule is BrCc1ccc(-c2ccc(-c3nc4ccccc4c4ccccc34)cc2)cc1. The van der Waals surface area contributed by atoms with E-state index in [4.69, 9.17) is 4.98 Å². The summed E-state index contributed by atoms with van der Waals surface area (Å²) >= 11 is 3.50. The molecule has 5 rings (SSSR count). The lowest BCUT2D eigenvalue weighted by Gasteiger charge is -2.11. The van der Waals surface area contributed by atoms with Crippen molar-refractivity contribution in [3.8, 4) is 22.4 Å². The Balaban J connectivity index is 1.63. The fourth-order valence-corrected chi connectivity index (χ4v) is 4.10. The van der Waals surface area contributed by atoms with Crippen LogP contribution in [0.5, 0.6) is 0 Å². The van der Waals surface area contributed by atoms with Gasteiger partial charge in [0.15, 0.2) is 0 Å². The van der Waals surface area contributed by atoms with Gasteiger partial charge in [0.1, 0.15) is 0 Å². The van der Waals surface area contributed by atoms with Gasteiger partial charge in [-0.3, -0.25) is 0 Å². The lowest BCUT2D eigenvalue weighted by Crippen LogP contribution is -1.89. The first-order valence-electron chi connectivity index (χ1n) is 9.37. The molecule has 0 fully saturated rings. The van der Waals surface area contributed by atoms with Crippen LogP contribution in [0, 0.1) is 0 Å². The van der Waals surface area contributed by atoms with E-state index in [1.165, 1.54) is 32.8 Å². The summed E-state index contributed by atoms with van der Waals surface area (Å²) in [5.41, 5.74) is 6.94. The topological polar surface area (TPSA) is 12.9 Å². The highest BCUT2D eigenvalue weighted by molar-refractivity contribution is 9.08. The van der Waals surface area contributed by atoms with Crippen LogP contribution in [-0.4, -0.2) is 4.98 Å². The van der Waals surface area contributed by atoms with Crippen molar-refractivity contribution in [2.45, 2.75) is 5.33 Å². The first-order chi connectivity index (χ1) is 13.8. The first-order valence-corrected chi connectivity index (χ1v) is 10.5. The lowest BCUT2D eigenvalue weighted by molar-refractivity contribution is 1.42. The Morgan fingerprint density at radius 3 is 1.75 bits per heavy atom. The molecule has 0 unspecified atom stereocenters. The Morgan fingerprint density at radius 1 is 0.536 bits per heavy atom. The average Bonchev–Trinajstić information content (AvgIpc) is 2.79. The van der Waals surface area contributed by atoms with Crippen molar-refractivity contribution in [2.75, 3.05) is 0 Å². The number of rotatable bonds is 3. The van der Waals surface area contributed by atoms with E-state index in [1.807, 2.05) is 6.07 Å². The molecule has 28 heavy (non-hydrogen) atoms. The van der Waals surface area contributed by atoms with Crippen molar-refractivity contribution in [2.24, 2.45) is 0 Å². The van der Waals surface area contributed by atoms with Crippen LogP contribution in [-0.2, 0) is 5.33 Å². The van der Waals surface area contributed by atoms with Gasteiger partial charge in [-0.25, -0.2) is 4.98 Å². The molecule has 0 atom stereocenters. The maximum atomic E-state index is 4.99.